The molecule has 0 amide bonds. The molecule has 0 aliphatic rings. The van der Waals surface area contributed by atoms with Crippen LogP contribution >= 0.6 is 11.8 Å². The lowest BCUT2D eigenvalue weighted by Gasteiger charge is -2.04. The van der Waals surface area contributed by atoms with Crippen LogP contribution < -0.4 is 10.3 Å². The van der Waals surface area contributed by atoms with Crippen molar-refractivity contribution in [1.29, 1.82) is 0 Å². The molecule has 0 aliphatic carbocycles. The van der Waals surface area contributed by atoms with Gasteiger partial charge in [0.05, 0.1) is 0 Å². The highest BCUT2D eigenvalue weighted by molar-refractivity contribution is 6.61. The van der Waals surface area contributed by atoms with E-state index in [9.17, 15) is 0 Å². The summed E-state index contributed by atoms with van der Waals surface area (Å²) in [6, 6.07) is 6.68. The fraction of sp³-hybridized carbons (Fsp3) is 0. The largest absolute Gasteiger partial charge is 0.490 e. The number of benzene rings is 1. The van der Waals surface area contributed by atoms with E-state index in [1.54, 1.807) is 24.3 Å². The lowest BCUT2D eigenvalue weighted by Crippen LogP contribution is -2.31. The van der Waals surface area contributed by atoms with Gasteiger partial charge in [0.25, 0.3) is 0 Å². The zero-order valence-electron chi connectivity index (χ0n) is 5.66. The number of hydrogen-bond acceptors (Lipinski definition) is 3. The van der Waals surface area contributed by atoms with E-state index in [2.05, 4.69) is 4.84 Å². The first-order valence-corrected chi connectivity index (χ1v) is 3.45. The Bertz CT molecular complexity index is 244. The molecule has 0 heterocycles. The molecule has 11 heavy (non-hydrogen) atoms. The number of anilines is 1. The Balaban J connectivity index is 3.02. The lowest BCUT2D eigenvalue weighted by molar-refractivity contribution is 0.426. The average molecular weight is 171 g/mol. The minimum absolute atomic E-state index is 0.363. The number of para-hydroxylation sites is 1. The van der Waals surface area contributed by atoms with Gasteiger partial charge in [0.1, 0.15) is 0 Å². The van der Waals surface area contributed by atoms with Crippen LogP contribution in [-0.4, -0.2) is 17.2 Å². The molecule has 0 atom stereocenters. The molecule has 1 rings (SSSR count). The Labute approximate surface area is 69.9 Å². The topological polar surface area (TPSA) is 52.5 Å². The molecule has 0 aromatic heterocycles. The summed E-state index contributed by atoms with van der Waals surface area (Å²) in [6.45, 7) is 0. The molecular formula is C6H7BClNO2. The van der Waals surface area contributed by atoms with Gasteiger partial charge < -0.3 is 10.0 Å². The first-order chi connectivity index (χ1) is 5.25. The SMILES string of the molecule is OB(O)c1ccccc1NCl. The molecule has 3 nitrogen and oxygen atoms in total. The van der Waals surface area contributed by atoms with Gasteiger partial charge in [0.2, 0.25) is 0 Å². The van der Waals surface area contributed by atoms with Crippen molar-refractivity contribution in [2.24, 2.45) is 0 Å². The first-order valence-electron chi connectivity index (χ1n) is 3.07. The minimum Gasteiger partial charge on any atom is -0.423 e. The summed E-state index contributed by atoms with van der Waals surface area (Å²) in [7, 11) is -1.49. The number of nitrogens with one attached hydrogen (secondary N) is 1. The molecule has 5 heteroatoms. The van der Waals surface area contributed by atoms with Gasteiger partial charge in [0.15, 0.2) is 0 Å². The van der Waals surface area contributed by atoms with Gasteiger partial charge in [-0.1, -0.05) is 18.2 Å². The third kappa shape index (κ3) is 1.86. The van der Waals surface area contributed by atoms with E-state index in [1.165, 1.54) is 0 Å². The predicted octanol–water partition coefficient (Wildman–Crippen LogP) is -0.0679. The molecule has 1 aromatic carbocycles. The van der Waals surface area contributed by atoms with Crippen LogP contribution in [0, 0.1) is 0 Å². The van der Waals surface area contributed by atoms with Crippen LogP contribution in [0.4, 0.5) is 5.69 Å². The highest BCUT2D eigenvalue weighted by Gasteiger charge is 2.14. The normalized spacial score (nSPS) is 9.36. The average Bonchev–Trinajstić information content (AvgIpc) is 2.04. The molecule has 0 spiro atoms. The van der Waals surface area contributed by atoms with E-state index < -0.39 is 7.12 Å². The van der Waals surface area contributed by atoms with E-state index in [0.717, 1.165) is 0 Å². The van der Waals surface area contributed by atoms with Gasteiger partial charge in [-0.3, -0.25) is 4.84 Å². The molecule has 0 saturated carbocycles. The van der Waals surface area contributed by atoms with E-state index in [-0.39, 0.29) is 0 Å². The van der Waals surface area contributed by atoms with Gasteiger partial charge in [-0.25, -0.2) is 0 Å². The summed E-state index contributed by atoms with van der Waals surface area (Å²) < 4.78 is 0. The highest BCUT2D eigenvalue weighted by Crippen LogP contribution is 2.03. The standard InChI is InChI=1S/C6H7BClNO2/c8-9-6-4-2-1-3-5(6)7(10)11/h1-4,9-11H. The molecule has 0 fully saturated rings. The summed E-state index contributed by atoms with van der Waals surface area (Å²) >= 11 is 5.30. The Hall–Kier alpha value is -0.705. The monoisotopic (exact) mass is 171 g/mol. The fourth-order valence-electron chi connectivity index (χ4n) is 0.808. The number of rotatable bonds is 2. The molecule has 0 bridgehead atoms. The second-order valence-corrected chi connectivity index (χ2v) is 2.24. The first kappa shape index (κ1) is 8.39. The smallest absolute Gasteiger partial charge is 0.423 e. The Morgan fingerprint density at radius 1 is 1.27 bits per heavy atom. The molecule has 0 saturated heterocycles. The summed E-state index contributed by atoms with van der Waals surface area (Å²) in [5.41, 5.74) is 0.867. The van der Waals surface area contributed by atoms with Crippen LogP contribution in [0.2, 0.25) is 0 Å². The van der Waals surface area contributed by atoms with E-state index in [0.29, 0.717) is 11.2 Å². The van der Waals surface area contributed by atoms with Gasteiger partial charge in [0, 0.05) is 22.9 Å². The van der Waals surface area contributed by atoms with Crippen molar-refractivity contribution >= 4 is 30.0 Å². The van der Waals surface area contributed by atoms with Crippen molar-refractivity contribution in [1.82, 2.24) is 0 Å². The number of halogens is 1. The summed E-state index contributed by atoms with van der Waals surface area (Å²) in [6.07, 6.45) is 0. The lowest BCUT2D eigenvalue weighted by atomic mass is 9.79. The van der Waals surface area contributed by atoms with Crippen molar-refractivity contribution in [2.75, 3.05) is 4.84 Å². The Kier molecular flexibility index (Phi) is 2.76. The quantitative estimate of drug-likeness (QED) is 0.431. The molecule has 0 radical (unpaired) electrons. The van der Waals surface area contributed by atoms with Gasteiger partial charge in [-0.15, -0.1) is 0 Å². The third-order valence-electron chi connectivity index (χ3n) is 1.34. The molecule has 3 N–H and O–H groups in total. The van der Waals surface area contributed by atoms with Crippen molar-refractivity contribution in [3.8, 4) is 0 Å². The summed E-state index contributed by atoms with van der Waals surface area (Å²) in [5.74, 6) is 0. The van der Waals surface area contributed by atoms with Crippen LogP contribution in [0.25, 0.3) is 0 Å². The summed E-state index contributed by atoms with van der Waals surface area (Å²) in [4.78, 5) is 2.33. The zero-order valence-corrected chi connectivity index (χ0v) is 6.42. The summed E-state index contributed by atoms with van der Waals surface area (Å²) in [5, 5.41) is 17.6. The maximum Gasteiger partial charge on any atom is 0.490 e. The minimum atomic E-state index is -1.49. The van der Waals surface area contributed by atoms with Crippen molar-refractivity contribution in [3.05, 3.63) is 24.3 Å². The van der Waals surface area contributed by atoms with Gasteiger partial charge in [-0.05, 0) is 6.07 Å². The Morgan fingerprint density at radius 2 is 1.91 bits per heavy atom. The van der Waals surface area contributed by atoms with Crippen LogP contribution in [0.5, 0.6) is 0 Å². The van der Waals surface area contributed by atoms with Crippen LogP contribution in [-0.2, 0) is 0 Å². The van der Waals surface area contributed by atoms with E-state index in [4.69, 9.17) is 21.8 Å². The maximum absolute atomic E-state index is 8.79. The predicted molar refractivity (Wildman–Crippen MR) is 45.7 cm³/mol. The van der Waals surface area contributed by atoms with Crippen molar-refractivity contribution in [2.45, 2.75) is 0 Å². The van der Waals surface area contributed by atoms with Gasteiger partial charge in [-0.2, -0.15) is 0 Å². The number of hydrogen-bond donors (Lipinski definition) is 3. The highest BCUT2D eigenvalue weighted by atomic mass is 35.5. The van der Waals surface area contributed by atoms with Crippen LogP contribution in [0.1, 0.15) is 0 Å². The van der Waals surface area contributed by atoms with Crippen LogP contribution in [0.15, 0.2) is 24.3 Å². The van der Waals surface area contributed by atoms with E-state index >= 15 is 0 Å². The van der Waals surface area contributed by atoms with Crippen molar-refractivity contribution < 1.29 is 10.0 Å². The van der Waals surface area contributed by atoms with Gasteiger partial charge >= 0.3 is 7.12 Å². The molecular weight excluding hydrogens is 164 g/mol. The second kappa shape index (κ2) is 3.62. The molecule has 0 unspecified atom stereocenters. The van der Waals surface area contributed by atoms with Crippen molar-refractivity contribution in [3.63, 3.8) is 0 Å². The molecule has 58 valence electrons. The maximum atomic E-state index is 8.79. The Morgan fingerprint density at radius 3 is 2.36 bits per heavy atom. The fourth-order valence-corrected chi connectivity index (χ4v) is 0.980. The molecule has 1 aromatic rings. The van der Waals surface area contributed by atoms with Crippen LogP contribution in [0.3, 0.4) is 0 Å². The third-order valence-corrected chi connectivity index (χ3v) is 1.54. The second-order valence-electron chi connectivity index (χ2n) is 2.06. The molecule has 0 aliphatic heterocycles. The zero-order chi connectivity index (χ0) is 8.27. The van der Waals surface area contributed by atoms with E-state index in [1.807, 2.05) is 0 Å².